The van der Waals surface area contributed by atoms with Crippen molar-refractivity contribution in [3.05, 3.63) is 40.8 Å². The molecule has 0 aliphatic carbocycles. The van der Waals surface area contributed by atoms with Gasteiger partial charge in [0.1, 0.15) is 16.5 Å². The lowest BCUT2D eigenvalue weighted by Crippen LogP contribution is -1.85. The summed E-state index contributed by atoms with van der Waals surface area (Å²) in [5.74, 6) is -0.271. The van der Waals surface area contributed by atoms with Crippen LogP contribution in [0.4, 0.5) is 9.52 Å². The highest BCUT2D eigenvalue weighted by Crippen LogP contribution is 2.31. The van der Waals surface area contributed by atoms with Gasteiger partial charge in [0.25, 0.3) is 0 Å². The van der Waals surface area contributed by atoms with Crippen molar-refractivity contribution in [1.29, 1.82) is 0 Å². The van der Waals surface area contributed by atoms with E-state index in [2.05, 4.69) is 9.97 Å². The molecule has 0 saturated carbocycles. The Kier molecular flexibility index (Phi) is 2.81. The standard InChI is InChI=1S/C12H8FN3S2/c13-8-4-2-1-3-7(8)9-5-17-11(15-9)10-6-18-12(14)16-10/h1-6H,(H2,14,16). The molecule has 2 heterocycles. The lowest BCUT2D eigenvalue weighted by molar-refractivity contribution is 0.631. The fourth-order valence-corrected chi connectivity index (χ4v) is 2.97. The van der Waals surface area contributed by atoms with E-state index in [1.165, 1.54) is 28.7 Å². The van der Waals surface area contributed by atoms with Crippen LogP contribution in [0.25, 0.3) is 22.0 Å². The van der Waals surface area contributed by atoms with Crippen molar-refractivity contribution >= 4 is 27.8 Å². The molecule has 0 spiro atoms. The molecule has 0 radical (unpaired) electrons. The Bertz CT molecular complexity index is 690. The van der Waals surface area contributed by atoms with E-state index >= 15 is 0 Å². The van der Waals surface area contributed by atoms with Crippen molar-refractivity contribution in [2.45, 2.75) is 0 Å². The van der Waals surface area contributed by atoms with Gasteiger partial charge in [-0.3, -0.25) is 0 Å². The molecule has 0 atom stereocenters. The first-order chi connectivity index (χ1) is 8.74. The Morgan fingerprint density at radius 1 is 1.00 bits per heavy atom. The Morgan fingerprint density at radius 3 is 2.50 bits per heavy atom. The van der Waals surface area contributed by atoms with E-state index < -0.39 is 0 Å². The first-order valence-electron chi connectivity index (χ1n) is 5.16. The number of hydrogen-bond donors (Lipinski definition) is 1. The van der Waals surface area contributed by atoms with Gasteiger partial charge in [0.05, 0.1) is 5.69 Å². The highest BCUT2D eigenvalue weighted by molar-refractivity contribution is 7.15. The molecular formula is C12H8FN3S2. The Balaban J connectivity index is 2.02. The molecule has 0 saturated heterocycles. The Morgan fingerprint density at radius 2 is 1.78 bits per heavy atom. The van der Waals surface area contributed by atoms with Gasteiger partial charge < -0.3 is 5.73 Å². The van der Waals surface area contributed by atoms with E-state index in [9.17, 15) is 4.39 Å². The maximum atomic E-state index is 13.6. The molecule has 90 valence electrons. The van der Waals surface area contributed by atoms with E-state index in [0.29, 0.717) is 16.4 Å². The summed E-state index contributed by atoms with van der Waals surface area (Å²) in [4.78, 5) is 8.55. The summed E-state index contributed by atoms with van der Waals surface area (Å²) in [6, 6.07) is 6.59. The molecule has 2 N–H and O–H groups in total. The molecule has 3 rings (SSSR count). The van der Waals surface area contributed by atoms with Crippen LogP contribution in [0.3, 0.4) is 0 Å². The second-order valence-corrected chi connectivity index (χ2v) is 5.34. The number of anilines is 1. The number of nitrogens with zero attached hydrogens (tertiary/aromatic N) is 2. The smallest absolute Gasteiger partial charge is 0.180 e. The van der Waals surface area contributed by atoms with Crippen LogP contribution in [-0.4, -0.2) is 9.97 Å². The van der Waals surface area contributed by atoms with Crippen LogP contribution in [0.15, 0.2) is 35.0 Å². The summed E-state index contributed by atoms with van der Waals surface area (Å²) in [5, 5.41) is 4.93. The van der Waals surface area contributed by atoms with E-state index in [-0.39, 0.29) is 5.82 Å². The van der Waals surface area contributed by atoms with Crippen molar-refractivity contribution in [2.75, 3.05) is 5.73 Å². The lowest BCUT2D eigenvalue weighted by atomic mass is 10.2. The quantitative estimate of drug-likeness (QED) is 0.777. The van der Waals surface area contributed by atoms with Crippen LogP contribution in [-0.2, 0) is 0 Å². The van der Waals surface area contributed by atoms with Gasteiger partial charge >= 0.3 is 0 Å². The summed E-state index contributed by atoms with van der Waals surface area (Å²) in [6.45, 7) is 0. The summed E-state index contributed by atoms with van der Waals surface area (Å²) >= 11 is 2.80. The number of rotatable bonds is 2. The molecule has 1 aromatic carbocycles. The Hall–Kier alpha value is -1.79. The molecule has 2 aromatic heterocycles. The maximum absolute atomic E-state index is 13.6. The second-order valence-electron chi connectivity index (χ2n) is 3.59. The molecule has 0 amide bonds. The average Bonchev–Trinajstić information content (AvgIpc) is 2.98. The van der Waals surface area contributed by atoms with E-state index in [1.807, 2.05) is 10.8 Å². The first kappa shape index (κ1) is 11.3. The summed E-state index contributed by atoms with van der Waals surface area (Å²) in [7, 11) is 0. The fraction of sp³-hybridized carbons (Fsp3) is 0. The number of nitrogens with two attached hydrogens (primary N) is 1. The number of halogens is 1. The largest absolute Gasteiger partial charge is 0.375 e. The van der Waals surface area contributed by atoms with Gasteiger partial charge in [0.2, 0.25) is 0 Å². The van der Waals surface area contributed by atoms with E-state index in [4.69, 9.17) is 5.73 Å². The molecule has 18 heavy (non-hydrogen) atoms. The summed E-state index contributed by atoms with van der Waals surface area (Å²) in [5.41, 5.74) is 7.45. The van der Waals surface area contributed by atoms with Gasteiger partial charge in [-0.25, -0.2) is 14.4 Å². The highest BCUT2D eigenvalue weighted by atomic mass is 32.1. The predicted molar refractivity (Wildman–Crippen MR) is 73.0 cm³/mol. The highest BCUT2D eigenvalue weighted by Gasteiger charge is 2.11. The van der Waals surface area contributed by atoms with Gasteiger partial charge in [0, 0.05) is 16.3 Å². The van der Waals surface area contributed by atoms with Crippen LogP contribution >= 0.6 is 22.7 Å². The van der Waals surface area contributed by atoms with Gasteiger partial charge in [-0.05, 0) is 12.1 Å². The minimum absolute atomic E-state index is 0.271. The van der Waals surface area contributed by atoms with Gasteiger partial charge in [-0.15, -0.1) is 22.7 Å². The second kappa shape index (κ2) is 4.47. The van der Waals surface area contributed by atoms with Crippen molar-refractivity contribution in [1.82, 2.24) is 9.97 Å². The molecule has 0 unspecified atom stereocenters. The molecule has 3 nitrogen and oxygen atoms in total. The monoisotopic (exact) mass is 277 g/mol. The third kappa shape index (κ3) is 2.00. The minimum atomic E-state index is -0.271. The lowest BCUT2D eigenvalue weighted by Gasteiger charge is -1.97. The van der Waals surface area contributed by atoms with Crippen molar-refractivity contribution in [3.8, 4) is 22.0 Å². The molecular weight excluding hydrogens is 269 g/mol. The maximum Gasteiger partial charge on any atom is 0.180 e. The van der Waals surface area contributed by atoms with Crippen molar-refractivity contribution < 1.29 is 4.39 Å². The normalized spacial score (nSPS) is 10.7. The number of aromatic nitrogens is 2. The molecule has 3 aromatic rings. The zero-order chi connectivity index (χ0) is 12.5. The van der Waals surface area contributed by atoms with Gasteiger partial charge in [-0.1, -0.05) is 12.1 Å². The number of hydrogen-bond acceptors (Lipinski definition) is 5. The van der Waals surface area contributed by atoms with Crippen LogP contribution in [0, 0.1) is 5.82 Å². The molecule has 0 bridgehead atoms. The number of benzene rings is 1. The first-order valence-corrected chi connectivity index (χ1v) is 6.92. The van der Waals surface area contributed by atoms with Crippen LogP contribution in [0.5, 0.6) is 0 Å². The van der Waals surface area contributed by atoms with Crippen LogP contribution < -0.4 is 5.73 Å². The van der Waals surface area contributed by atoms with E-state index in [0.717, 1.165) is 10.7 Å². The van der Waals surface area contributed by atoms with Gasteiger partial charge in [-0.2, -0.15) is 0 Å². The third-order valence-electron chi connectivity index (χ3n) is 2.40. The number of thiazole rings is 2. The van der Waals surface area contributed by atoms with E-state index in [1.54, 1.807) is 18.2 Å². The third-order valence-corrected chi connectivity index (χ3v) is 3.93. The molecule has 6 heteroatoms. The molecule has 0 aliphatic heterocycles. The van der Waals surface area contributed by atoms with Crippen LogP contribution in [0.2, 0.25) is 0 Å². The molecule has 0 aliphatic rings. The van der Waals surface area contributed by atoms with Crippen LogP contribution in [0.1, 0.15) is 0 Å². The van der Waals surface area contributed by atoms with Crippen molar-refractivity contribution in [3.63, 3.8) is 0 Å². The zero-order valence-electron chi connectivity index (χ0n) is 9.13. The van der Waals surface area contributed by atoms with Gasteiger partial charge in [0.15, 0.2) is 5.13 Å². The summed E-state index contributed by atoms with van der Waals surface area (Å²) < 4.78 is 13.6. The zero-order valence-corrected chi connectivity index (χ0v) is 10.8. The SMILES string of the molecule is Nc1nc(-c2nc(-c3ccccc3F)cs2)cs1. The minimum Gasteiger partial charge on any atom is -0.375 e. The summed E-state index contributed by atoms with van der Waals surface area (Å²) in [6.07, 6.45) is 0. The average molecular weight is 277 g/mol. The van der Waals surface area contributed by atoms with Crippen molar-refractivity contribution in [2.24, 2.45) is 0 Å². The topological polar surface area (TPSA) is 51.8 Å². The molecule has 0 fully saturated rings. The predicted octanol–water partition coefficient (Wildman–Crippen LogP) is 3.65. The Labute approximate surface area is 111 Å². The number of nitrogen functional groups attached to an aromatic ring is 1. The fourth-order valence-electron chi connectivity index (χ4n) is 1.57.